The lowest BCUT2D eigenvalue weighted by Gasteiger charge is -2.12. The molecule has 0 bridgehead atoms. The summed E-state index contributed by atoms with van der Waals surface area (Å²) < 4.78 is 0. The van der Waals surface area contributed by atoms with Crippen molar-refractivity contribution in [3.63, 3.8) is 0 Å². The van der Waals surface area contributed by atoms with E-state index >= 15 is 0 Å². The number of carbonyl (C=O) groups is 3. The molecule has 1 saturated heterocycles. The van der Waals surface area contributed by atoms with E-state index in [1.54, 1.807) is 42.7 Å². The van der Waals surface area contributed by atoms with Crippen LogP contribution in [0.4, 0.5) is 4.79 Å². The second kappa shape index (κ2) is 10.1. The summed E-state index contributed by atoms with van der Waals surface area (Å²) >= 11 is 8.20. The molecule has 1 aliphatic heterocycles. The van der Waals surface area contributed by atoms with Crippen molar-refractivity contribution in [3.8, 4) is 10.6 Å². The van der Waals surface area contributed by atoms with Gasteiger partial charge in [0.1, 0.15) is 5.01 Å². The molecule has 1 N–H and O–H groups in total. The van der Waals surface area contributed by atoms with Gasteiger partial charge >= 0.3 is 0 Å². The fourth-order valence-electron chi connectivity index (χ4n) is 2.95. The van der Waals surface area contributed by atoms with E-state index in [-0.39, 0.29) is 36.6 Å². The summed E-state index contributed by atoms with van der Waals surface area (Å²) in [7, 11) is 0. The lowest BCUT2D eigenvalue weighted by Crippen LogP contribution is -2.37. The van der Waals surface area contributed by atoms with Crippen molar-refractivity contribution >= 4 is 57.8 Å². The van der Waals surface area contributed by atoms with Crippen molar-refractivity contribution in [1.29, 1.82) is 0 Å². The molecule has 0 saturated carbocycles. The highest BCUT2D eigenvalue weighted by molar-refractivity contribution is 8.18. The van der Waals surface area contributed by atoms with Crippen LogP contribution in [0.15, 0.2) is 59.1 Å². The van der Waals surface area contributed by atoms with E-state index in [1.165, 1.54) is 11.3 Å². The third kappa shape index (κ3) is 5.42. The van der Waals surface area contributed by atoms with Gasteiger partial charge < -0.3 is 5.32 Å². The number of carbonyl (C=O) groups excluding carboxylic acids is 3. The summed E-state index contributed by atoms with van der Waals surface area (Å²) in [5.74, 6) is -0.596. The Balaban J connectivity index is 1.28. The Morgan fingerprint density at radius 1 is 1.19 bits per heavy atom. The zero-order chi connectivity index (χ0) is 22.5. The number of aromatic nitrogens is 2. The number of nitrogens with one attached hydrogen (secondary N) is 1. The van der Waals surface area contributed by atoms with E-state index in [2.05, 4.69) is 15.3 Å². The maximum absolute atomic E-state index is 12.6. The molecular formula is C22H17ClN4O3S2. The van der Waals surface area contributed by atoms with Gasteiger partial charge in [0.25, 0.3) is 11.1 Å². The van der Waals surface area contributed by atoms with Gasteiger partial charge in [-0.1, -0.05) is 23.7 Å². The molecule has 0 aliphatic carbocycles. The number of thiazole rings is 1. The van der Waals surface area contributed by atoms with E-state index in [4.69, 9.17) is 11.6 Å². The number of nitrogens with zero attached hydrogens (tertiary/aromatic N) is 3. The molecule has 4 rings (SSSR count). The largest absolute Gasteiger partial charge is 0.354 e. The highest BCUT2D eigenvalue weighted by Gasteiger charge is 2.34. The Kier molecular flexibility index (Phi) is 6.99. The van der Waals surface area contributed by atoms with Crippen LogP contribution < -0.4 is 5.32 Å². The number of benzene rings is 1. The monoisotopic (exact) mass is 484 g/mol. The molecule has 7 nitrogen and oxygen atoms in total. The number of halogens is 1. The third-order valence-corrected chi connectivity index (χ3v) is 6.60. The zero-order valence-electron chi connectivity index (χ0n) is 16.7. The molecule has 1 aromatic carbocycles. The third-order valence-electron chi connectivity index (χ3n) is 4.50. The van der Waals surface area contributed by atoms with Crippen LogP contribution in [0.3, 0.4) is 0 Å². The number of thioether (sulfide) groups is 1. The van der Waals surface area contributed by atoms with Crippen molar-refractivity contribution < 1.29 is 14.4 Å². The minimum absolute atomic E-state index is 0.104. The van der Waals surface area contributed by atoms with E-state index < -0.39 is 0 Å². The van der Waals surface area contributed by atoms with Crippen molar-refractivity contribution in [3.05, 3.63) is 75.4 Å². The van der Waals surface area contributed by atoms with Gasteiger partial charge in [0.2, 0.25) is 5.91 Å². The Bertz CT molecular complexity index is 1180. The molecule has 1 fully saturated rings. The maximum Gasteiger partial charge on any atom is 0.293 e. The van der Waals surface area contributed by atoms with Gasteiger partial charge in [-0.15, -0.1) is 11.3 Å². The fourth-order valence-corrected chi connectivity index (χ4v) is 4.75. The summed E-state index contributed by atoms with van der Waals surface area (Å²) in [5, 5.41) is 5.61. The van der Waals surface area contributed by atoms with Gasteiger partial charge in [-0.3, -0.25) is 24.3 Å². The normalized spacial score (nSPS) is 14.9. The van der Waals surface area contributed by atoms with Crippen LogP contribution in [-0.2, 0) is 16.0 Å². The second-order valence-electron chi connectivity index (χ2n) is 6.80. The van der Waals surface area contributed by atoms with Crippen molar-refractivity contribution in [2.75, 3.05) is 13.1 Å². The standard InChI is InChI=1S/C22H17ClN4O3S2/c23-16-5-3-14(4-6-16)10-18-21(29)27(22(30)32-18)9-8-25-19(28)11-17-13-31-20(26-17)15-2-1-7-24-12-15/h1-7,10,12-13H,8-9,11H2,(H,25,28)/b18-10-. The molecule has 1 aliphatic rings. The number of hydrogen-bond acceptors (Lipinski definition) is 7. The molecule has 3 heterocycles. The number of amides is 3. The van der Waals surface area contributed by atoms with Crippen LogP contribution >= 0.6 is 34.7 Å². The van der Waals surface area contributed by atoms with Gasteiger partial charge in [-0.05, 0) is 47.7 Å². The van der Waals surface area contributed by atoms with Gasteiger partial charge in [-0.2, -0.15) is 0 Å². The number of rotatable bonds is 7. The Morgan fingerprint density at radius 3 is 2.75 bits per heavy atom. The SMILES string of the molecule is O=C(Cc1csc(-c2cccnc2)n1)NCCN1C(=O)S/C(=C\c2ccc(Cl)cc2)C1=O. The molecule has 32 heavy (non-hydrogen) atoms. The van der Waals surface area contributed by atoms with Crippen LogP contribution in [-0.4, -0.2) is 45.0 Å². The first kappa shape index (κ1) is 22.2. The first-order valence-electron chi connectivity index (χ1n) is 9.62. The molecule has 0 atom stereocenters. The summed E-state index contributed by atoms with van der Waals surface area (Å²) in [5.41, 5.74) is 2.33. The minimum Gasteiger partial charge on any atom is -0.354 e. The van der Waals surface area contributed by atoms with Crippen LogP contribution in [0.1, 0.15) is 11.3 Å². The lowest BCUT2D eigenvalue weighted by molar-refractivity contribution is -0.124. The minimum atomic E-state index is -0.371. The molecule has 162 valence electrons. The predicted molar refractivity (Wildman–Crippen MR) is 126 cm³/mol. The summed E-state index contributed by atoms with van der Waals surface area (Å²) in [6, 6.07) is 10.7. The van der Waals surface area contributed by atoms with E-state index in [0.29, 0.717) is 15.6 Å². The second-order valence-corrected chi connectivity index (χ2v) is 9.09. The Hall–Kier alpha value is -3.01. The van der Waals surface area contributed by atoms with Crippen LogP contribution in [0.2, 0.25) is 5.02 Å². The van der Waals surface area contributed by atoms with Crippen LogP contribution in [0.5, 0.6) is 0 Å². The van der Waals surface area contributed by atoms with Gasteiger partial charge in [0.05, 0.1) is 17.0 Å². The van der Waals surface area contributed by atoms with Crippen LogP contribution in [0, 0.1) is 0 Å². The maximum atomic E-state index is 12.6. The van der Waals surface area contributed by atoms with Crippen LogP contribution in [0.25, 0.3) is 16.6 Å². The molecule has 0 unspecified atom stereocenters. The molecule has 3 aromatic rings. The zero-order valence-corrected chi connectivity index (χ0v) is 19.0. The highest BCUT2D eigenvalue weighted by Crippen LogP contribution is 2.32. The molecule has 0 spiro atoms. The molecule has 10 heteroatoms. The number of imide groups is 1. The topological polar surface area (TPSA) is 92.3 Å². The van der Waals surface area contributed by atoms with Crippen molar-refractivity contribution in [2.45, 2.75) is 6.42 Å². The van der Waals surface area contributed by atoms with E-state index in [9.17, 15) is 14.4 Å². The Morgan fingerprint density at radius 2 is 2.00 bits per heavy atom. The summed E-state index contributed by atoms with van der Waals surface area (Å²) in [4.78, 5) is 47.0. The first-order valence-corrected chi connectivity index (χ1v) is 11.7. The number of pyridine rings is 1. The molecule has 0 radical (unpaired) electrons. The first-order chi connectivity index (χ1) is 15.5. The van der Waals surface area contributed by atoms with Gasteiger partial charge in [0.15, 0.2) is 0 Å². The highest BCUT2D eigenvalue weighted by atomic mass is 35.5. The van der Waals surface area contributed by atoms with Gasteiger partial charge in [0, 0.05) is 41.4 Å². The fraction of sp³-hybridized carbons (Fsp3) is 0.136. The summed E-state index contributed by atoms with van der Waals surface area (Å²) in [6.07, 6.45) is 5.19. The van der Waals surface area contributed by atoms with E-state index in [0.717, 1.165) is 32.8 Å². The smallest absolute Gasteiger partial charge is 0.293 e. The van der Waals surface area contributed by atoms with Crippen molar-refractivity contribution in [1.82, 2.24) is 20.2 Å². The van der Waals surface area contributed by atoms with E-state index in [1.807, 2.05) is 17.5 Å². The average Bonchev–Trinajstić information content (AvgIpc) is 3.36. The Labute approximate surface area is 197 Å². The van der Waals surface area contributed by atoms with Crippen molar-refractivity contribution in [2.24, 2.45) is 0 Å². The molecular weight excluding hydrogens is 468 g/mol. The average molecular weight is 485 g/mol. The summed E-state index contributed by atoms with van der Waals surface area (Å²) in [6.45, 7) is 0.275. The molecule has 3 amide bonds. The lowest BCUT2D eigenvalue weighted by atomic mass is 10.2. The number of hydrogen-bond donors (Lipinski definition) is 1. The van der Waals surface area contributed by atoms with Gasteiger partial charge in [-0.25, -0.2) is 4.98 Å². The predicted octanol–water partition coefficient (Wildman–Crippen LogP) is 4.25. The molecule has 2 aromatic heterocycles. The quantitative estimate of drug-likeness (QED) is 0.504.